The van der Waals surface area contributed by atoms with Crippen LogP contribution in [0, 0.1) is 0 Å². The fraction of sp³-hybridized carbons (Fsp3) is 0.0492. The predicted octanol–water partition coefficient (Wildman–Crippen LogP) is 17.2. The molecule has 0 aromatic heterocycles. The minimum absolute atomic E-state index is 0.150. The second-order valence-electron chi connectivity index (χ2n) is 17.2. The molecule has 0 radical (unpaired) electrons. The maximum atomic E-state index is 2.50. The number of para-hydroxylation sites is 1. The second kappa shape index (κ2) is 14.2. The Kier molecular flexibility index (Phi) is 8.27. The molecule has 1 aliphatic rings. The van der Waals surface area contributed by atoms with Crippen LogP contribution in [0.1, 0.15) is 25.0 Å². The summed E-state index contributed by atoms with van der Waals surface area (Å²) in [5.74, 6) is 0. The fourth-order valence-corrected chi connectivity index (χ4v) is 10.5. The van der Waals surface area contributed by atoms with Crippen molar-refractivity contribution in [3.63, 3.8) is 0 Å². The van der Waals surface area contributed by atoms with Crippen molar-refractivity contribution >= 4 is 81.7 Å². The Balaban J connectivity index is 1.25. The van der Waals surface area contributed by atoms with E-state index in [1.807, 2.05) is 0 Å². The molecule has 0 bridgehead atoms. The second-order valence-corrected chi connectivity index (χ2v) is 17.2. The molecular formula is C61H43N. The molecule has 62 heavy (non-hydrogen) atoms. The molecule has 11 aromatic rings. The predicted molar refractivity (Wildman–Crippen MR) is 267 cm³/mol. The van der Waals surface area contributed by atoms with Gasteiger partial charge in [-0.05, 0) is 123 Å². The van der Waals surface area contributed by atoms with Crippen molar-refractivity contribution in [2.45, 2.75) is 19.3 Å². The van der Waals surface area contributed by atoms with E-state index >= 15 is 0 Å². The van der Waals surface area contributed by atoms with Gasteiger partial charge in [-0.3, -0.25) is 0 Å². The third-order valence-electron chi connectivity index (χ3n) is 13.5. The van der Waals surface area contributed by atoms with Crippen LogP contribution in [0.15, 0.2) is 224 Å². The van der Waals surface area contributed by atoms with E-state index in [9.17, 15) is 0 Å². The Bertz CT molecular complexity index is 3670. The highest BCUT2D eigenvalue weighted by Crippen LogP contribution is 2.52. The number of fused-ring (bicyclic) bond motifs is 15. The lowest BCUT2D eigenvalue weighted by Crippen LogP contribution is -2.16. The van der Waals surface area contributed by atoms with Gasteiger partial charge in [-0.2, -0.15) is 0 Å². The largest absolute Gasteiger partial charge is 0.310 e. The normalized spacial score (nSPS) is 12.8. The molecule has 0 atom stereocenters. The molecule has 11 aromatic carbocycles. The maximum Gasteiger partial charge on any atom is 0.0540 e. The summed E-state index contributed by atoms with van der Waals surface area (Å²) in [4.78, 5) is 2.50. The molecule has 0 N–H and O–H groups in total. The molecule has 1 nitrogen and oxygen atoms in total. The first kappa shape index (κ1) is 36.1. The van der Waals surface area contributed by atoms with Crippen LogP contribution >= 0.6 is 0 Å². The quantitative estimate of drug-likeness (QED) is 0.172. The van der Waals surface area contributed by atoms with E-state index in [1.54, 1.807) is 0 Å². The SMILES string of the molecule is CC1(C)c2ccccc2-c2ccc(N(c3ccc4c5ccccc5c5ccccc5c5ccccc5c5c6ccccc6ccc5c4c3)c3ccccc3-c3ccccc3)cc21. The summed E-state index contributed by atoms with van der Waals surface area (Å²) in [6, 6.07) is 83.4. The molecule has 1 aliphatic carbocycles. The van der Waals surface area contributed by atoms with Gasteiger partial charge in [-0.1, -0.05) is 208 Å². The van der Waals surface area contributed by atoms with E-state index in [1.165, 1.54) is 98.0 Å². The van der Waals surface area contributed by atoms with Gasteiger partial charge in [-0.15, -0.1) is 0 Å². The monoisotopic (exact) mass is 789 g/mol. The van der Waals surface area contributed by atoms with Crippen LogP contribution in [-0.4, -0.2) is 0 Å². The van der Waals surface area contributed by atoms with Crippen molar-refractivity contribution in [1.82, 2.24) is 0 Å². The van der Waals surface area contributed by atoms with Crippen LogP contribution < -0.4 is 4.90 Å². The van der Waals surface area contributed by atoms with E-state index in [0.717, 1.165) is 17.1 Å². The molecule has 12 rings (SSSR count). The summed E-state index contributed by atoms with van der Waals surface area (Å²) >= 11 is 0. The Morgan fingerprint density at radius 3 is 1.48 bits per heavy atom. The van der Waals surface area contributed by atoms with Crippen molar-refractivity contribution in [1.29, 1.82) is 0 Å². The number of hydrogen-bond acceptors (Lipinski definition) is 1. The number of benzene rings is 10. The highest BCUT2D eigenvalue weighted by Gasteiger charge is 2.36. The molecular weight excluding hydrogens is 747 g/mol. The lowest BCUT2D eigenvalue weighted by atomic mass is 9.82. The highest BCUT2D eigenvalue weighted by molar-refractivity contribution is 6.30. The third-order valence-corrected chi connectivity index (χ3v) is 13.5. The zero-order chi connectivity index (χ0) is 41.4. The van der Waals surface area contributed by atoms with Crippen molar-refractivity contribution < 1.29 is 0 Å². The van der Waals surface area contributed by atoms with Crippen molar-refractivity contribution in [2.75, 3.05) is 4.90 Å². The molecule has 292 valence electrons. The van der Waals surface area contributed by atoms with E-state index in [0.29, 0.717) is 0 Å². The first-order chi connectivity index (χ1) is 30.5. The van der Waals surface area contributed by atoms with Crippen molar-refractivity contribution in [3.8, 4) is 22.3 Å². The summed E-state index contributed by atoms with van der Waals surface area (Å²) in [6.07, 6.45) is 0. The van der Waals surface area contributed by atoms with Gasteiger partial charge in [0.2, 0.25) is 0 Å². The molecule has 0 saturated carbocycles. The maximum absolute atomic E-state index is 2.50. The molecule has 0 fully saturated rings. The topological polar surface area (TPSA) is 3.24 Å². The van der Waals surface area contributed by atoms with E-state index in [-0.39, 0.29) is 5.41 Å². The van der Waals surface area contributed by atoms with Crippen LogP contribution in [0.5, 0.6) is 0 Å². The van der Waals surface area contributed by atoms with Crippen LogP contribution in [0.3, 0.4) is 0 Å². The van der Waals surface area contributed by atoms with E-state index < -0.39 is 0 Å². The summed E-state index contributed by atoms with van der Waals surface area (Å²) in [7, 11) is 0. The van der Waals surface area contributed by atoms with E-state index in [4.69, 9.17) is 0 Å². The zero-order valence-electron chi connectivity index (χ0n) is 34.8. The average molecular weight is 790 g/mol. The first-order valence-electron chi connectivity index (χ1n) is 21.7. The highest BCUT2D eigenvalue weighted by atomic mass is 15.1. The smallest absolute Gasteiger partial charge is 0.0540 e. The Labute approximate surface area is 362 Å². The number of hydrogen-bond donors (Lipinski definition) is 0. The number of rotatable bonds is 4. The van der Waals surface area contributed by atoms with Gasteiger partial charge in [-0.25, -0.2) is 0 Å². The molecule has 0 aliphatic heterocycles. The summed E-state index contributed by atoms with van der Waals surface area (Å²) in [5.41, 5.74) is 10.9. The lowest BCUT2D eigenvalue weighted by Gasteiger charge is -2.30. The summed E-state index contributed by atoms with van der Waals surface area (Å²) in [6.45, 7) is 4.74. The van der Waals surface area contributed by atoms with Gasteiger partial charge < -0.3 is 4.90 Å². The molecule has 0 amide bonds. The Morgan fingerprint density at radius 2 is 0.774 bits per heavy atom. The van der Waals surface area contributed by atoms with Gasteiger partial charge in [0, 0.05) is 22.4 Å². The molecule has 0 saturated heterocycles. The summed E-state index contributed by atoms with van der Waals surface area (Å²) < 4.78 is 0. The van der Waals surface area contributed by atoms with Gasteiger partial charge in [0.15, 0.2) is 0 Å². The van der Waals surface area contributed by atoms with E-state index in [2.05, 4.69) is 243 Å². The number of anilines is 3. The fourth-order valence-electron chi connectivity index (χ4n) is 10.5. The minimum atomic E-state index is -0.150. The molecule has 0 heterocycles. The minimum Gasteiger partial charge on any atom is -0.310 e. The number of nitrogens with zero attached hydrogens (tertiary/aromatic N) is 1. The van der Waals surface area contributed by atoms with Crippen molar-refractivity contribution in [2.24, 2.45) is 0 Å². The summed E-state index contributed by atoms with van der Waals surface area (Å²) in [5, 5.41) is 14.7. The van der Waals surface area contributed by atoms with Gasteiger partial charge in [0.25, 0.3) is 0 Å². The lowest BCUT2D eigenvalue weighted by molar-refractivity contribution is 0.660. The van der Waals surface area contributed by atoms with Crippen LogP contribution in [0.2, 0.25) is 0 Å². The molecule has 1 heteroatoms. The van der Waals surface area contributed by atoms with Crippen LogP contribution in [0.25, 0.3) is 86.9 Å². The van der Waals surface area contributed by atoms with Crippen molar-refractivity contribution in [3.05, 3.63) is 236 Å². The molecule has 0 unspecified atom stereocenters. The Hall–Kier alpha value is -7.74. The van der Waals surface area contributed by atoms with Gasteiger partial charge in [0.05, 0.1) is 5.69 Å². The Morgan fingerprint density at radius 1 is 0.306 bits per heavy atom. The van der Waals surface area contributed by atoms with Crippen LogP contribution in [0.4, 0.5) is 17.1 Å². The van der Waals surface area contributed by atoms with Gasteiger partial charge >= 0.3 is 0 Å². The third kappa shape index (κ3) is 5.55. The molecule has 0 spiro atoms. The zero-order valence-corrected chi connectivity index (χ0v) is 34.8. The average Bonchev–Trinajstić information content (AvgIpc) is 3.56. The first-order valence-corrected chi connectivity index (χ1v) is 21.7. The van der Waals surface area contributed by atoms with Gasteiger partial charge in [0.1, 0.15) is 0 Å². The standard InChI is InChI=1S/C61H43N/c1-61(2)57-30-16-14-28-52(57)53-37-34-43(39-58(53)61)62(59-31-17-15-21-44(59)40-18-4-3-5-19-40)42-33-36-51-49-26-11-9-24-47(49)46-23-8-10-25-48(46)50-27-12-13-29-54(50)60-45-22-7-6-20-41(45)32-35-55(60)56(51)38-42/h3-39H,1-2H3. The van der Waals surface area contributed by atoms with Crippen LogP contribution in [-0.2, 0) is 5.41 Å².